The predicted octanol–water partition coefficient (Wildman–Crippen LogP) is 26.9. The molecule has 0 heterocycles. The number of nitrogens with one attached hydrogen (secondary N) is 1. The summed E-state index contributed by atoms with van der Waals surface area (Å²) in [6.07, 6.45) is 96.3. The zero-order valence-electron chi connectivity index (χ0n) is 59.8. The van der Waals surface area contributed by atoms with Crippen LogP contribution < -0.4 is 5.32 Å². The van der Waals surface area contributed by atoms with Gasteiger partial charge in [-0.1, -0.05) is 444 Å². The number of hydrogen-bond acceptors (Lipinski definition) is 5. The van der Waals surface area contributed by atoms with Gasteiger partial charge >= 0.3 is 5.97 Å². The molecule has 0 aromatic heterocycles. The number of esters is 1. The molecule has 0 rings (SSSR count). The maximum Gasteiger partial charge on any atom is 0.305 e. The van der Waals surface area contributed by atoms with Crippen molar-refractivity contribution < 1.29 is 24.5 Å². The molecule has 87 heavy (non-hydrogen) atoms. The second-order valence-corrected chi connectivity index (χ2v) is 28.5. The third-order valence-corrected chi connectivity index (χ3v) is 19.7. The van der Waals surface area contributed by atoms with Crippen LogP contribution in [0, 0.1) is 0 Å². The van der Waals surface area contributed by atoms with E-state index in [2.05, 4.69) is 19.2 Å². The van der Waals surface area contributed by atoms with Crippen LogP contribution in [0.5, 0.6) is 0 Å². The fraction of sp³-hybridized carbons (Fsp3) is 0.975. The first-order valence-corrected chi connectivity index (χ1v) is 40.8. The van der Waals surface area contributed by atoms with Gasteiger partial charge in [-0.05, 0) is 25.7 Å². The summed E-state index contributed by atoms with van der Waals surface area (Å²) in [5, 5.41) is 23.5. The molecular formula is C81H161NO5. The SMILES string of the molecule is CCCCCCCCCCCCCCCCCCCCCCCCCC(O)C(CO)NC(=O)CCCCCCCCCCCCCCCCCCCCCCCCCCCCCCCOC(=O)CCCCCCCCCCCCCCCCCCCC. The van der Waals surface area contributed by atoms with Crippen LogP contribution in [0.2, 0.25) is 0 Å². The Bertz CT molecular complexity index is 1280. The van der Waals surface area contributed by atoms with E-state index in [1.54, 1.807) is 0 Å². The summed E-state index contributed by atoms with van der Waals surface area (Å²) in [5.74, 6) is 0.000875. The zero-order valence-corrected chi connectivity index (χ0v) is 59.8. The molecule has 0 radical (unpaired) electrons. The van der Waals surface area contributed by atoms with Crippen LogP contribution in [0.25, 0.3) is 0 Å². The van der Waals surface area contributed by atoms with E-state index in [4.69, 9.17) is 4.74 Å². The van der Waals surface area contributed by atoms with Crippen molar-refractivity contribution in [3.8, 4) is 0 Å². The van der Waals surface area contributed by atoms with E-state index in [9.17, 15) is 19.8 Å². The molecule has 0 aliphatic carbocycles. The average molecular weight is 1230 g/mol. The van der Waals surface area contributed by atoms with Gasteiger partial charge in [0.25, 0.3) is 0 Å². The first-order chi connectivity index (χ1) is 43.0. The van der Waals surface area contributed by atoms with Crippen LogP contribution in [0.15, 0.2) is 0 Å². The number of aliphatic hydroxyl groups excluding tert-OH is 2. The Hall–Kier alpha value is -1.14. The summed E-state index contributed by atoms with van der Waals surface area (Å²) in [7, 11) is 0. The summed E-state index contributed by atoms with van der Waals surface area (Å²) < 4.78 is 5.52. The number of hydrogen-bond donors (Lipinski definition) is 3. The lowest BCUT2D eigenvalue weighted by Gasteiger charge is -2.22. The molecule has 520 valence electrons. The summed E-state index contributed by atoms with van der Waals surface area (Å²) in [6, 6.07) is -0.539. The number of carbonyl (C=O) groups excluding carboxylic acids is 2. The van der Waals surface area contributed by atoms with E-state index in [0.717, 1.165) is 38.5 Å². The number of aliphatic hydroxyl groups is 2. The van der Waals surface area contributed by atoms with Crippen molar-refractivity contribution in [1.29, 1.82) is 0 Å². The number of rotatable bonds is 78. The molecule has 0 saturated carbocycles. The summed E-state index contributed by atoms with van der Waals surface area (Å²) in [6.45, 7) is 5.03. The van der Waals surface area contributed by atoms with Crippen molar-refractivity contribution in [3.63, 3.8) is 0 Å². The Kier molecular flexibility index (Phi) is 76.3. The van der Waals surface area contributed by atoms with Gasteiger partial charge in [0.05, 0.1) is 25.4 Å². The Morgan fingerprint density at radius 3 is 0.701 bits per heavy atom. The van der Waals surface area contributed by atoms with E-state index in [-0.39, 0.29) is 18.5 Å². The van der Waals surface area contributed by atoms with E-state index < -0.39 is 12.1 Å². The minimum absolute atomic E-state index is 0.0248. The highest BCUT2D eigenvalue weighted by Crippen LogP contribution is 2.21. The fourth-order valence-electron chi connectivity index (χ4n) is 13.5. The molecule has 0 aromatic carbocycles. The van der Waals surface area contributed by atoms with Crippen molar-refractivity contribution in [1.82, 2.24) is 5.32 Å². The predicted molar refractivity (Wildman–Crippen MR) is 384 cm³/mol. The number of carbonyl (C=O) groups is 2. The molecule has 0 aliphatic heterocycles. The van der Waals surface area contributed by atoms with Crippen molar-refractivity contribution in [2.24, 2.45) is 0 Å². The maximum absolute atomic E-state index is 12.6. The topological polar surface area (TPSA) is 95.9 Å². The Labute approximate surface area is 547 Å². The van der Waals surface area contributed by atoms with Gasteiger partial charge in [0.15, 0.2) is 0 Å². The molecule has 3 N–H and O–H groups in total. The minimum atomic E-state index is -0.662. The largest absolute Gasteiger partial charge is 0.466 e. The third-order valence-electron chi connectivity index (χ3n) is 19.7. The fourth-order valence-corrected chi connectivity index (χ4v) is 13.5. The van der Waals surface area contributed by atoms with Crippen LogP contribution in [-0.4, -0.2) is 47.4 Å². The number of ether oxygens (including phenoxy) is 1. The molecule has 0 spiro atoms. The molecule has 0 aliphatic rings. The van der Waals surface area contributed by atoms with Gasteiger partial charge in [0.2, 0.25) is 5.91 Å². The molecule has 2 unspecified atom stereocenters. The zero-order chi connectivity index (χ0) is 62.8. The second-order valence-electron chi connectivity index (χ2n) is 28.5. The van der Waals surface area contributed by atoms with Gasteiger partial charge in [-0.3, -0.25) is 9.59 Å². The monoisotopic (exact) mass is 1230 g/mol. The van der Waals surface area contributed by atoms with Crippen molar-refractivity contribution >= 4 is 11.9 Å². The molecule has 0 fully saturated rings. The normalized spacial score (nSPS) is 12.4. The molecule has 6 nitrogen and oxygen atoms in total. The molecule has 1 amide bonds. The summed E-state index contributed by atoms with van der Waals surface area (Å²) in [4.78, 5) is 24.7. The van der Waals surface area contributed by atoms with Crippen molar-refractivity contribution in [2.75, 3.05) is 13.2 Å². The standard InChI is InChI=1S/C81H161NO5/c1-3-5-7-9-11-13-15-17-19-21-23-24-32-35-38-41-45-49-53-57-61-65-69-73-79(84)78(77-83)82-80(85)74-70-66-62-58-54-50-46-42-39-36-33-30-28-26-25-27-29-31-34-37-40-44-48-52-56-60-64-68-72-76-87-81(86)75-71-67-63-59-55-51-47-43-22-20-18-16-14-12-10-8-6-4-2/h78-79,83-84H,3-77H2,1-2H3,(H,82,85). The average Bonchev–Trinajstić information content (AvgIpc) is 3.52. The Balaban J connectivity index is 3.32. The first kappa shape index (κ1) is 85.9. The number of unbranched alkanes of at least 4 members (excludes halogenated alkanes) is 67. The highest BCUT2D eigenvalue weighted by molar-refractivity contribution is 5.76. The van der Waals surface area contributed by atoms with Gasteiger partial charge in [-0.15, -0.1) is 0 Å². The van der Waals surface area contributed by atoms with Crippen LogP contribution in [0.1, 0.15) is 483 Å². The number of amides is 1. The van der Waals surface area contributed by atoms with Gasteiger partial charge in [-0.25, -0.2) is 0 Å². The van der Waals surface area contributed by atoms with Crippen LogP contribution >= 0.6 is 0 Å². The van der Waals surface area contributed by atoms with Gasteiger partial charge in [0.1, 0.15) is 0 Å². The van der Waals surface area contributed by atoms with Crippen LogP contribution in [0.3, 0.4) is 0 Å². The Morgan fingerprint density at radius 1 is 0.276 bits per heavy atom. The van der Waals surface area contributed by atoms with Crippen LogP contribution in [-0.2, 0) is 14.3 Å². The summed E-state index contributed by atoms with van der Waals surface area (Å²) >= 11 is 0. The van der Waals surface area contributed by atoms with Gasteiger partial charge < -0.3 is 20.3 Å². The lowest BCUT2D eigenvalue weighted by molar-refractivity contribution is -0.143. The molecule has 0 bridgehead atoms. The molecular weight excluding hydrogens is 1070 g/mol. The maximum atomic E-state index is 12.6. The lowest BCUT2D eigenvalue weighted by Crippen LogP contribution is -2.45. The Morgan fingerprint density at radius 2 is 0.471 bits per heavy atom. The molecule has 0 saturated heterocycles. The smallest absolute Gasteiger partial charge is 0.305 e. The molecule has 2 atom stereocenters. The van der Waals surface area contributed by atoms with E-state index >= 15 is 0 Å². The molecule has 0 aromatic rings. The minimum Gasteiger partial charge on any atom is -0.466 e. The highest BCUT2D eigenvalue weighted by Gasteiger charge is 2.20. The molecule has 6 heteroatoms. The first-order valence-electron chi connectivity index (χ1n) is 40.8. The highest BCUT2D eigenvalue weighted by atomic mass is 16.5. The van der Waals surface area contributed by atoms with Crippen LogP contribution in [0.4, 0.5) is 0 Å². The summed E-state index contributed by atoms with van der Waals surface area (Å²) in [5.41, 5.74) is 0. The lowest BCUT2D eigenvalue weighted by atomic mass is 10.0. The van der Waals surface area contributed by atoms with E-state index in [1.807, 2.05) is 0 Å². The quantitative estimate of drug-likeness (QED) is 0.0417. The van der Waals surface area contributed by atoms with Crippen molar-refractivity contribution in [3.05, 3.63) is 0 Å². The third kappa shape index (κ3) is 73.8. The van der Waals surface area contributed by atoms with E-state index in [1.165, 1.54) is 411 Å². The van der Waals surface area contributed by atoms with E-state index in [0.29, 0.717) is 25.9 Å². The van der Waals surface area contributed by atoms with Gasteiger partial charge in [0, 0.05) is 12.8 Å². The van der Waals surface area contributed by atoms with Gasteiger partial charge in [-0.2, -0.15) is 0 Å². The van der Waals surface area contributed by atoms with Crippen molar-refractivity contribution in [2.45, 2.75) is 495 Å². The second kappa shape index (κ2) is 77.3.